The number of hydrogen-bond donors (Lipinski definition) is 3. The van der Waals surface area contributed by atoms with Crippen LogP contribution in [0.25, 0.3) is 0 Å². The fourth-order valence-electron chi connectivity index (χ4n) is 5.50. The first-order valence-corrected chi connectivity index (χ1v) is 18.8. The monoisotopic (exact) mass is 823 g/mol. The Hall–Kier alpha value is -5.52. The van der Waals surface area contributed by atoms with Gasteiger partial charge in [0.15, 0.2) is 0 Å². The van der Waals surface area contributed by atoms with E-state index in [4.69, 9.17) is 20.1 Å². The highest BCUT2D eigenvalue weighted by atomic mass is 32.2. The highest BCUT2D eigenvalue weighted by Crippen LogP contribution is 2.31. The van der Waals surface area contributed by atoms with Crippen molar-refractivity contribution in [3.05, 3.63) is 59.4 Å². The summed E-state index contributed by atoms with van der Waals surface area (Å²) in [4.78, 5) is 51.6. The van der Waals surface area contributed by atoms with Gasteiger partial charge in [0.2, 0.25) is 10.3 Å². The maximum absolute atomic E-state index is 12.7. The van der Waals surface area contributed by atoms with E-state index in [0.29, 0.717) is 80.0 Å². The molecule has 0 radical (unpaired) electrons. The van der Waals surface area contributed by atoms with Crippen LogP contribution in [0.1, 0.15) is 48.9 Å². The lowest BCUT2D eigenvalue weighted by Crippen LogP contribution is -2.41. The van der Waals surface area contributed by atoms with E-state index in [1.165, 1.54) is 43.9 Å². The van der Waals surface area contributed by atoms with Gasteiger partial charge in [-0.15, -0.1) is 10.2 Å². The number of amides is 2. The first kappa shape index (κ1) is 41.6. The summed E-state index contributed by atoms with van der Waals surface area (Å²) in [6, 6.07) is 9.09. The van der Waals surface area contributed by atoms with Crippen LogP contribution in [0.15, 0.2) is 52.9 Å². The molecule has 0 unspecified atom stereocenters. The van der Waals surface area contributed by atoms with Crippen molar-refractivity contribution in [3.63, 3.8) is 0 Å². The zero-order chi connectivity index (χ0) is 40.2. The third-order valence-electron chi connectivity index (χ3n) is 8.44. The highest BCUT2D eigenvalue weighted by molar-refractivity contribution is 8.00. The Morgan fingerprint density at radius 3 is 1.86 bits per heavy atom. The molecular formula is C32H36F3N11O8S2. The van der Waals surface area contributed by atoms with Crippen molar-refractivity contribution in [2.45, 2.75) is 78.6 Å². The van der Waals surface area contributed by atoms with Gasteiger partial charge in [0.25, 0.3) is 0 Å². The molecule has 0 spiro atoms. The van der Waals surface area contributed by atoms with Crippen LogP contribution in [0.2, 0.25) is 0 Å². The third-order valence-corrected chi connectivity index (χ3v) is 11.1. The molecule has 2 aliphatic rings. The zero-order valence-electron chi connectivity index (χ0n) is 29.4. The van der Waals surface area contributed by atoms with Gasteiger partial charge >= 0.3 is 30.3 Å². The molecule has 2 fully saturated rings. The van der Waals surface area contributed by atoms with E-state index in [1.54, 1.807) is 29.2 Å². The minimum atomic E-state index is -4.42. The molecule has 2 amide bonds. The molecule has 1 aromatic carbocycles. The summed E-state index contributed by atoms with van der Waals surface area (Å²) in [5.74, 6) is -1.57. The average Bonchev–Trinajstić information content (AvgIpc) is 3.80. The fraction of sp³-hybridized carbons (Fsp3) is 0.469. The van der Waals surface area contributed by atoms with Gasteiger partial charge in [0.05, 0.1) is 18.5 Å². The standard InChI is InChI=1S/C23H23F3N6O4S.C9H13N5O4S/c24-23(25,26)16-3-4-17(27-14-16)13-15-1-5-18(6-2-15)36-22(35)31-10-7-19(8-11-31)37-21-28-29-30-32(21)12-9-20(33)34;15-7(16)5-14-8(10-11-12-14)19-6-1-3-13(4-2-6)9(17)18/h1-6,14,19H,7-13H2,(H,33,34);6H,1-5H2,(H,15,16)(H,17,18). The van der Waals surface area contributed by atoms with E-state index in [0.717, 1.165) is 17.8 Å². The van der Waals surface area contributed by atoms with Crippen LogP contribution in [0.4, 0.5) is 22.8 Å². The van der Waals surface area contributed by atoms with Gasteiger partial charge < -0.3 is 29.9 Å². The normalized spacial score (nSPS) is 15.2. The van der Waals surface area contributed by atoms with Crippen LogP contribution in [0.5, 0.6) is 5.75 Å². The van der Waals surface area contributed by atoms with E-state index >= 15 is 0 Å². The zero-order valence-corrected chi connectivity index (χ0v) is 31.1. The summed E-state index contributed by atoms with van der Waals surface area (Å²) in [6.07, 6.45) is -1.90. The van der Waals surface area contributed by atoms with Crippen LogP contribution >= 0.6 is 23.5 Å². The van der Waals surface area contributed by atoms with Crippen LogP contribution in [-0.2, 0) is 35.3 Å². The number of likely N-dealkylation sites (tertiary alicyclic amines) is 2. The number of benzene rings is 1. The number of nitrogens with zero attached hydrogens (tertiary/aromatic N) is 11. The Labute approximate surface area is 324 Å². The molecule has 0 aliphatic carbocycles. The van der Waals surface area contributed by atoms with Crippen LogP contribution in [0.3, 0.4) is 0 Å². The number of ether oxygens (including phenoxy) is 1. The lowest BCUT2D eigenvalue weighted by Gasteiger charge is -2.30. The SMILES string of the molecule is O=C(O)CCn1nnnc1SC1CCN(C(=O)Oc2ccc(Cc3ccc(C(F)(F)F)cn3)cc2)CC1.O=C(O)Cn1nnnc1SC1CCN(C(=O)O)CC1. The maximum Gasteiger partial charge on any atom is 0.417 e. The van der Waals surface area contributed by atoms with E-state index in [9.17, 15) is 32.3 Å². The number of hydrogen-bond acceptors (Lipinski definition) is 14. The maximum atomic E-state index is 12.7. The van der Waals surface area contributed by atoms with Crippen molar-refractivity contribution in [1.82, 2.24) is 55.2 Å². The number of piperidine rings is 2. The summed E-state index contributed by atoms with van der Waals surface area (Å²) in [5.41, 5.74) is 0.516. The van der Waals surface area contributed by atoms with Crippen molar-refractivity contribution in [3.8, 4) is 5.75 Å². The minimum absolute atomic E-state index is 0.0736. The Balaban J connectivity index is 0.000000265. The smallest absolute Gasteiger partial charge is 0.417 e. The molecule has 6 rings (SSSR count). The highest BCUT2D eigenvalue weighted by Gasteiger charge is 2.31. The predicted molar refractivity (Wildman–Crippen MR) is 189 cm³/mol. The molecule has 4 aromatic rings. The minimum Gasteiger partial charge on any atom is -0.481 e. The van der Waals surface area contributed by atoms with Gasteiger partial charge in [0, 0.05) is 55.0 Å². The van der Waals surface area contributed by atoms with Gasteiger partial charge in [0.1, 0.15) is 12.3 Å². The number of halogens is 3. The number of thioether (sulfide) groups is 2. The summed E-state index contributed by atoms with van der Waals surface area (Å²) in [6.45, 7) is 1.86. The number of tetrazole rings is 2. The molecule has 24 heteroatoms. The van der Waals surface area contributed by atoms with Crippen molar-refractivity contribution in [1.29, 1.82) is 0 Å². The Kier molecular flexibility index (Phi) is 14.4. The van der Waals surface area contributed by atoms with Crippen molar-refractivity contribution in [2.24, 2.45) is 0 Å². The van der Waals surface area contributed by atoms with Crippen LogP contribution < -0.4 is 4.74 Å². The number of aryl methyl sites for hydroxylation is 1. The molecule has 0 bridgehead atoms. The van der Waals surface area contributed by atoms with Gasteiger partial charge in [-0.2, -0.15) is 13.2 Å². The number of carboxylic acid groups (broad SMARTS) is 3. The number of carboxylic acids is 2. The molecule has 0 atom stereocenters. The molecule has 3 N–H and O–H groups in total. The molecule has 19 nitrogen and oxygen atoms in total. The Bertz CT molecular complexity index is 1930. The second-order valence-electron chi connectivity index (χ2n) is 12.5. The summed E-state index contributed by atoms with van der Waals surface area (Å²) >= 11 is 2.86. The number of aromatic nitrogens is 9. The van der Waals surface area contributed by atoms with Crippen molar-refractivity contribution in [2.75, 3.05) is 26.2 Å². The van der Waals surface area contributed by atoms with Gasteiger partial charge in [-0.1, -0.05) is 35.7 Å². The molecule has 0 saturated carbocycles. The lowest BCUT2D eigenvalue weighted by molar-refractivity contribution is -0.138. The van der Waals surface area contributed by atoms with Crippen LogP contribution in [0, 0.1) is 0 Å². The summed E-state index contributed by atoms with van der Waals surface area (Å²) in [7, 11) is 0. The molecule has 56 heavy (non-hydrogen) atoms. The number of alkyl halides is 3. The van der Waals surface area contributed by atoms with Crippen molar-refractivity contribution < 1.29 is 52.4 Å². The van der Waals surface area contributed by atoms with Gasteiger partial charge in [-0.05, 0) is 76.4 Å². The fourth-order valence-corrected chi connectivity index (χ4v) is 7.63. The largest absolute Gasteiger partial charge is 0.481 e. The second-order valence-corrected chi connectivity index (χ2v) is 15.0. The molecule has 3 aromatic heterocycles. The van der Waals surface area contributed by atoms with Gasteiger partial charge in [-0.3, -0.25) is 14.6 Å². The first-order chi connectivity index (χ1) is 26.7. The molecule has 2 saturated heterocycles. The van der Waals surface area contributed by atoms with E-state index in [2.05, 4.69) is 36.0 Å². The van der Waals surface area contributed by atoms with Crippen LogP contribution in [-0.4, -0.2) is 131 Å². The Morgan fingerprint density at radius 1 is 0.768 bits per heavy atom. The number of pyridine rings is 1. The summed E-state index contributed by atoms with van der Waals surface area (Å²) in [5, 5.41) is 50.1. The molecule has 2 aliphatic heterocycles. The predicted octanol–water partition coefficient (Wildman–Crippen LogP) is 3.90. The third kappa shape index (κ3) is 12.5. The number of rotatable bonds is 12. The van der Waals surface area contributed by atoms with Gasteiger partial charge in [-0.25, -0.2) is 19.0 Å². The van der Waals surface area contributed by atoms with E-state index in [1.807, 2.05) is 0 Å². The molecule has 5 heterocycles. The first-order valence-electron chi connectivity index (χ1n) is 17.1. The average molecular weight is 824 g/mol. The quantitative estimate of drug-likeness (QED) is 0.183. The Morgan fingerprint density at radius 2 is 1.34 bits per heavy atom. The second kappa shape index (κ2) is 19.4. The number of carbonyl (C=O) groups is 4. The summed E-state index contributed by atoms with van der Waals surface area (Å²) < 4.78 is 46.2. The van der Waals surface area contributed by atoms with Crippen molar-refractivity contribution >= 4 is 47.6 Å². The number of aliphatic carboxylic acids is 2. The van der Waals surface area contributed by atoms with E-state index in [-0.39, 0.29) is 30.0 Å². The van der Waals surface area contributed by atoms with E-state index < -0.39 is 35.9 Å². The topological polar surface area (TPSA) is 245 Å². The molecule has 300 valence electrons. The lowest BCUT2D eigenvalue weighted by atomic mass is 10.1. The number of carbonyl (C=O) groups excluding carboxylic acids is 1. The molecular weight excluding hydrogens is 788 g/mol.